The zero-order chi connectivity index (χ0) is 22.4. The van der Waals surface area contributed by atoms with Crippen LogP contribution in [-0.4, -0.2) is 29.1 Å². The molecule has 1 atom stereocenters. The predicted octanol–water partition coefficient (Wildman–Crippen LogP) is 4.41. The first-order valence-electron chi connectivity index (χ1n) is 10.4. The van der Waals surface area contributed by atoms with E-state index < -0.39 is 11.9 Å². The standard InChI is InChI=1S/C25H20ClNO5/c1-14(28)31-13-15-10-11-27-19-9-5-3-7-17(19)21(20(27)12-15)23-22(24(29)32-25(23)30)16-6-2-4-8-18(16)26/h2-9,15H,10-13H2,1H3. The van der Waals surface area contributed by atoms with Gasteiger partial charge in [0, 0.05) is 52.1 Å². The van der Waals surface area contributed by atoms with Crippen LogP contribution in [-0.2, 0) is 36.8 Å². The summed E-state index contributed by atoms with van der Waals surface area (Å²) in [5.74, 6) is -1.57. The van der Waals surface area contributed by atoms with Gasteiger partial charge in [-0.05, 0) is 25.0 Å². The molecule has 0 amide bonds. The number of halogens is 1. The monoisotopic (exact) mass is 449 g/mol. The van der Waals surface area contributed by atoms with E-state index >= 15 is 0 Å². The lowest BCUT2D eigenvalue weighted by molar-refractivity contribution is -0.149. The molecule has 0 saturated carbocycles. The first kappa shape index (κ1) is 20.5. The molecule has 0 bridgehead atoms. The summed E-state index contributed by atoms with van der Waals surface area (Å²) < 4.78 is 12.5. The molecule has 32 heavy (non-hydrogen) atoms. The molecule has 2 aliphatic heterocycles. The van der Waals surface area contributed by atoms with Crippen LogP contribution < -0.4 is 0 Å². The Bertz CT molecular complexity index is 1320. The van der Waals surface area contributed by atoms with E-state index in [0.717, 1.165) is 29.6 Å². The van der Waals surface area contributed by atoms with Crippen molar-refractivity contribution in [3.63, 3.8) is 0 Å². The molecule has 1 unspecified atom stereocenters. The molecule has 0 spiro atoms. The number of para-hydroxylation sites is 1. The maximum Gasteiger partial charge on any atom is 0.347 e. The largest absolute Gasteiger partial charge is 0.466 e. The molecule has 162 valence electrons. The maximum absolute atomic E-state index is 13.0. The Kier molecular flexibility index (Phi) is 5.10. The second-order valence-corrected chi connectivity index (χ2v) is 8.47. The van der Waals surface area contributed by atoms with Crippen molar-refractivity contribution in [2.45, 2.75) is 26.3 Å². The SMILES string of the molecule is CC(=O)OCC1CCn2c(c(C3=C(c4ccccc4Cl)C(=O)OC3=O)c3ccccc32)C1. The van der Waals surface area contributed by atoms with Crippen LogP contribution in [0, 0.1) is 5.92 Å². The number of esters is 3. The minimum atomic E-state index is -0.700. The quantitative estimate of drug-likeness (QED) is 0.435. The highest BCUT2D eigenvalue weighted by atomic mass is 35.5. The van der Waals surface area contributed by atoms with Crippen LogP contribution >= 0.6 is 11.6 Å². The molecule has 0 radical (unpaired) electrons. The number of rotatable bonds is 4. The van der Waals surface area contributed by atoms with E-state index in [1.54, 1.807) is 24.3 Å². The third kappa shape index (κ3) is 3.31. The Hall–Kier alpha value is -3.38. The highest BCUT2D eigenvalue weighted by molar-refractivity contribution is 6.48. The molecule has 2 aliphatic rings. The summed E-state index contributed by atoms with van der Waals surface area (Å²) in [5.41, 5.74) is 3.50. The van der Waals surface area contributed by atoms with Gasteiger partial charge in [0.15, 0.2) is 0 Å². The van der Waals surface area contributed by atoms with Gasteiger partial charge in [-0.2, -0.15) is 0 Å². The molecule has 3 heterocycles. The number of benzene rings is 2. The number of carbonyl (C=O) groups is 3. The minimum absolute atomic E-state index is 0.118. The number of fused-ring (bicyclic) bond motifs is 3. The van der Waals surface area contributed by atoms with Crippen molar-refractivity contribution in [1.29, 1.82) is 0 Å². The van der Waals surface area contributed by atoms with E-state index in [0.29, 0.717) is 29.2 Å². The Balaban J connectivity index is 1.74. The lowest BCUT2D eigenvalue weighted by Crippen LogP contribution is -2.24. The van der Waals surface area contributed by atoms with E-state index in [4.69, 9.17) is 21.1 Å². The molecule has 7 heteroatoms. The van der Waals surface area contributed by atoms with Crippen molar-refractivity contribution in [2.75, 3.05) is 6.61 Å². The molecule has 5 rings (SSSR count). The topological polar surface area (TPSA) is 74.6 Å². The molecular weight excluding hydrogens is 430 g/mol. The van der Waals surface area contributed by atoms with Crippen molar-refractivity contribution in [3.8, 4) is 0 Å². The summed E-state index contributed by atoms with van der Waals surface area (Å²) in [6.45, 7) is 2.43. The van der Waals surface area contributed by atoms with E-state index in [9.17, 15) is 14.4 Å². The van der Waals surface area contributed by atoms with Crippen LogP contribution in [0.3, 0.4) is 0 Å². The van der Waals surface area contributed by atoms with Crippen LogP contribution in [0.15, 0.2) is 48.5 Å². The van der Waals surface area contributed by atoms with Crippen molar-refractivity contribution in [3.05, 3.63) is 70.4 Å². The first-order valence-corrected chi connectivity index (χ1v) is 10.8. The van der Waals surface area contributed by atoms with Gasteiger partial charge in [-0.15, -0.1) is 0 Å². The number of nitrogens with zero attached hydrogens (tertiary/aromatic N) is 1. The fraction of sp³-hybridized carbons (Fsp3) is 0.240. The van der Waals surface area contributed by atoms with Crippen LogP contribution in [0.25, 0.3) is 22.0 Å². The smallest absolute Gasteiger partial charge is 0.347 e. The number of hydrogen-bond acceptors (Lipinski definition) is 5. The lowest BCUT2D eigenvalue weighted by atomic mass is 9.89. The zero-order valence-electron chi connectivity index (χ0n) is 17.4. The summed E-state index contributed by atoms with van der Waals surface area (Å²) in [6, 6.07) is 14.7. The number of aromatic nitrogens is 1. The Morgan fingerprint density at radius 3 is 2.59 bits per heavy atom. The number of cyclic esters (lactones) is 2. The van der Waals surface area contributed by atoms with Crippen molar-refractivity contribution in [1.82, 2.24) is 4.57 Å². The normalized spacial score (nSPS) is 18.1. The van der Waals surface area contributed by atoms with Crippen molar-refractivity contribution < 1.29 is 23.9 Å². The second kappa shape index (κ2) is 7.95. The highest BCUT2D eigenvalue weighted by Crippen LogP contribution is 2.43. The van der Waals surface area contributed by atoms with E-state index in [1.165, 1.54) is 6.92 Å². The van der Waals surface area contributed by atoms with Gasteiger partial charge in [0.25, 0.3) is 0 Å². The van der Waals surface area contributed by atoms with E-state index in [2.05, 4.69) is 4.57 Å². The number of carbonyl (C=O) groups excluding carboxylic acids is 3. The molecule has 0 saturated heterocycles. The van der Waals surface area contributed by atoms with Crippen LogP contribution in [0.1, 0.15) is 30.2 Å². The average Bonchev–Trinajstić information content (AvgIpc) is 3.25. The Labute approximate surface area is 189 Å². The Morgan fingerprint density at radius 1 is 1.09 bits per heavy atom. The molecule has 2 aromatic carbocycles. The third-order valence-corrected chi connectivity index (χ3v) is 6.41. The molecule has 0 N–H and O–H groups in total. The first-order chi connectivity index (χ1) is 15.5. The Morgan fingerprint density at radius 2 is 1.81 bits per heavy atom. The summed E-state index contributed by atoms with van der Waals surface area (Å²) >= 11 is 6.39. The van der Waals surface area contributed by atoms with Crippen molar-refractivity contribution >= 4 is 51.6 Å². The zero-order valence-corrected chi connectivity index (χ0v) is 18.1. The molecule has 0 aliphatic carbocycles. The van der Waals surface area contributed by atoms with Gasteiger partial charge < -0.3 is 14.0 Å². The van der Waals surface area contributed by atoms with Gasteiger partial charge >= 0.3 is 17.9 Å². The highest BCUT2D eigenvalue weighted by Gasteiger charge is 2.39. The molecular formula is C25H20ClNO5. The number of hydrogen-bond donors (Lipinski definition) is 0. The molecule has 6 nitrogen and oxygen atoms in total. The molecule has 3 aromatic rings. The van der Waals surface area contributed by atoms with Crippen LogP contribution in [0.2, 0.25) is 5.02 Å². The van der Waals surface area contributed by atoms with Crippen LogP contribution in [0.4, 0.5) is 0 Å². The van der Waals surface area contributed by atoms with Gasteiger partial charge in [0.05, 0.1) is 17.8 Å². The minimum Gasteiger partial charge on any atom is -0.466 e. The third-order valence-electron chi connectivity index (χ3n) is 6.08. The predicted molar refractivity (Wildman–Crippen MR) is 120 cm³/mol. The summed E-state index contributed by atoms with van der Waals surface area (Å²) in [5, 5.41) is 1.25. The van der Waals surface area contributed by atoms with E-state index in [-0.39, 0.29) is 23.0 Å². The summed E-state index contributed by atoms with van der Waals surface area (Å²) in [7, 11) is 0. The summed E-state index contributed by atoms with van der Waals surface area (Å²) in [4.78, 5) is 37.1. The van der Waals surface area contributed by atoms with Gasteiger partial charge in [0.2, 0.25) is 0 Å². The van der Waals surface area contributed by atoms with Crippen molar-refractivity contribution in [2.24, 2.45) is 5.92 Å². The van der Waals surface area contributed by atoms with Gasteiger partial charge in [-0.25, -0.2) is 9.59 Å². The lowest BCUT2D eigenvalue weighted by Gasteiger charge is -2.25. The van der Waals surface area contributed by atoms with Gasteiger partial charge in [-0.1, -0.05) is 48.0 Å². The maximum atomic E-state index is 13.0. The average molecular weight is 450 g/mol. The molecule has 0 fully saturated rings. The van der Waals surface area contributed by atoms with Crippen LogP contribution in [0.5, 0.6) is 0 Å². The van der Waals surface area contributed by atoms with E-state index in [1.807, 2.05) is 24.3 Å². The number of ether oxygens (including phenoxy) is 2. The van der Waals surface area contributed by atoms with Gasteiger partial charge in [0.1, 0.15) is 0 Å². The second-order valence-electron chi connectivity index (χ2n) is 8.06. The van der Waals surface area contributed by atoms with Gasteiger partial charge in [-0.3, -0.25) is 4.79 Å². The number of aryl methyl sites for hydroxylation is 1. The fourth-order valence-electron chi connectivity index (χ4n) is 4.69. The summed E-state index contributed by atoms with van der Waals surface area (Å²) in [6.07, 6.45) is 1.45. The fourth-order valence-corrected chi connectivity index (χ4v) is 4.92. The molecule has 1 aromatic heterocycles.